The maximum atomic E-state index is 16.0. The van der Waals surface area contributed by atoms with E-state index >= 15 is 4.39 Å². The monoisotopic (exact) mass is 313 g/mol. The van der Waals surface area contributed by atoms with Gasteiger partial charge in [-0.3, -0.25) is 5.10 Å². The first-order valence-corrected chi connectivity index (χ1v) is 7.51. The molecule has 0 fully saturated rings. The minimum absolute atomic E-state index is 0.0284. The van der Waals surface area contributed by atoms with E-state index in [9.17, 15) is 4.39 Å². The van der Waals surface area contributed by atoms with Crippen LogP contribution in [0.4, 0.5) is 8.78 Å². The fraction of sp³-hybridized carbons (Fsp3) is 0.222. The molecule has 0 bridgehead atoms. The summed E-state index contributed by atoms with van der Waals surface area (Å²) in [5.41, 5.74) is 0.764. The average Bonchev–Trinajstić information content (AvgIpc) is 3.08. The molecule has 0 amide bonds. The highest BCUT2D eigenvalue weighted by Gasteiger charge is 2.35. The van der Waals surface area contributed by atoms with Crippen molar-refractivity contribution >= 4 is 0 Å². The fourth-order valence-electron chi connectivity index (χ4n) is 2.65. The summed E-state index contributed by atoms with van der Waals surface area (Å²) in [4.78, 5) is 0. The smallest absolute Gasteiger partial charge is 0.166 e. The molecule has 5 heteroatoms. The van der Waals surface area contributed by atoms with Crippen LogP contribution >= 0.6 is 0 Å². The van der Waals surface area contributed by atoms with Crippen LogP contribution in [0.1, 0.15) is 29.3 Å². The number of hydrogen-bond acceptors (Lipinski definition) is 2. The van der Waals surface area contributed by atoms with Gasteiger partial charge in [-0.15, -0.1) is 5.10 Å². The highest BCUT2D eigenvalue weighted by atomic mass is 19.1. The lowest BCUT2D eigenvalue weighted by Gasteiger charge is -2.26. The summed E-state index contributed by atoms with van der Waals surface area (Å²) < 4.78 is 29.2. The number of nitrogens with zero attached hydrogens (tertiary/aromatic N) is 2. The Labute approximate surface area is 133 Å². The zero-order valence-corrected chi connectivity index (χ0v) is 12.8. The number of aromatic nitrogens is 3. The molecule has 1 aromatic heterocycles. The molecule has 23 heavy (non-hydrogen) atoms. The predicted octanol–water partition coefficient (Wildman–Crippen LogP) is 3.96. The van der Waals surface area contributed by atoms with Crippen molar-refractivity contribution in [2.45, 2.75) is 25.4 Å². The van der Waals surface area contributed by atoms with E-state index in [2.05, 4.69) is 15.4 Å². The Balaban J connectivity index is 2.06. The molecule has 1 unspecified atom stereocenters. The lowest BCUT2D eigenvalue weighted by atomic mass is 9.84. The van der Waals surface area contributed by atoms with Crippen LogP contribution in [0.25, 0.3) is 0 Å². The van der Waals surface area contributed by atoms with Gasteiger partial charge < -0.3 is 0 Å². The second-order valence-electron chi connectivity index (χ2n) is 5.50. The van der Waals surface area contributed by atoms with E-state index in [0.29, 0.717) is 16.8 Å². The van der Waals surface area contributed by atoms with E-state index in [1.54, 1.807) is 18.3 Å². The highest BCUT2D eigenvalue weighted by Crippen LogP contribution is 2.37. The van der Waals surface area contributed by atoms with Crippen molar-refractivity contribution in [2.75, 3.05) is 0 Å². The summed E-state index contributed by atoms with van der Waals surface area (Å²) >= 11 is 0. The van der Waals surface area contributed by atoms with Gasteiger partial charge in [0.25, 0.3) is 0 Å². The zero-order valence-electron chi connectivity index (χ0n) is 12.8. The lowest BCUT2D eigenvalue weighted by molar-refractivity contribution is 0.219. The van der Waals surface area contributed by atoms with Gasteiger partial charge in [-0.25, -0.2) is 8.78 Å². The van der Waals surface area contributed by atoms with Gasteiger partial charge in [-0.2, -0.15) is 0 Å². The third-order valence-electron chi connectivity index (χ3n) is 4.01. The number of nitrogens with one attached hydrogen (secondary N) is 1. The first-order valence-electron chi connectivity index (χ1n) is 7.51. The number of alkyl halides is 1. The Morgan fingerprint density at radius 1 is 1.00 bits per heavy atom. The van der Waals surface area contributed by atoms with Gasteiger partial charge in [0.1, 0.15) is 5.82 Å². The fourth-order valence-corrected chi connectivity index (χ4v) is 2.65. The lowest BCUT2D eigenvalue weighted by Crippen LogP contribution is -2.25. The van der Waals surface area contributed by atoms with Crippen molar-refractivity contribution in [2.24, 2.45) is 0 Å². The van der Waals surface area contributed by atoms with Crippen molar-refractivity contribution in [3.8, 4) is 0 Å². The normalized spacial score (nSPS) is 13.7. The highest BCUT2D eigenvalue weighted by molar-refractivity contribution is 5.39. The van der Waals surface area contributed by atoms with Crippen LogP contribution in [0.3, 0.4) is 0 Å². The van der Waals surface area contributed by atoms with Crippen molar-refractivity contribution < 1.29 is 8.78 Å². The molecule has 3 nitrogen and oxygen atoms in total. The number of aryl methyl sites for hydroxylation is 1. The van der Waals surface area contributed by atoms with Crippen molar-refractivity contribution in [3.63, 3.8) is 0 Å². The molecule has 0 aliphatic carbocycles. The van der Waals surface area contributed by atoms with Gasteiger partial charge >= 0.3 is 0 Å². The number of halogens is 2. The molecule has 0 aliphatic rings. The molecule has 0 saturated heterocycles. The summed E-state index contributed by atoms with van der Waals surface area (Å²) in [6, 6.07) is 12.9. The predicted molar refractivity (Wildman–Crippen MR) is 84.2 cm³/mol. The second-order valence-corrected chi connectivity index (χ2v) is 5.50. The number of benzene rings is 2. The molecular formula is C18H17F2N3. The van der Waals surface area contributed by atoms with Gasteiger partial charge in [0.15, 0.2) is 5.67 Å². The maximum Gasteiger partial charge on any atom is 0.166 e. The van der Waals surface area contributed by atoms with Gasteiger partial charge in [0.05, 0.1) is 5.69 Å². The van der Waals surface area contributed by atoms with Crippen molar-refractivity contribution in [3.05, 3.63) is 82.9 Å². The molecule has 1 heterocycles. The quantitative estimate of drug-likeness (QED) is 0.774. The van der Waals surface area contributed by atoms with Gasteiger partial charge in [-0.05, 0) is 35.2 Å². The molecule has 1 atom stereocenters. The molecule has 0 saturated carbocycles. The first kappa shape index (κ1) is 15.3. The number of rotatable bonds is 5. The second kappa shape index (κ2) is 6.28. The first-order chi connectivity index (χ1) is 11.1. The number of hydrogen-bond donors (Lipinski definition) is 1. The van der Waals surface area contributed by atoms with Crippen LogP contribution in [0.5, 0.6) is 0 Å². The van der Waals surface area contributed by atoms with Crippen LogP contribution in [-0.2, 0) is 18.5 Å². The minimum Gasteiger partial charge on any atom is -0.265 e. The van der Waals surface area contributed by atoms with Gasteiger partial charge in [0, 0.05) is 12.6 Å². The summed E-state index contributed by atoms with van der Waals surface area (Å²) in [5, 5.41) is 10.1. The van der Waals surface area contributed by atoms with Crippen LogP contribution in [0.15, 0.2) is 54.7 Å². The third kappa shape index (κ3) is 3.13. The van der Waals surface area contributed by atoms with Crippen LogP contribution < -0.4 is 0 Å². The summed E-state index contributed by atoms with van der Waals surface area (Å²) in [7, 11) is 0. The Morgan fingerprint density at radius 2 is 1.61 bits per heavy atom. The van der Waals surface area contributed by atoms with Crippen LogP contribution in [0, 0.1) is 5.82 Å². The Morgan fingerprint density at radius 3 is 2.13 bits per heavy atom. The molecule has 1 N–H and O–H groups in total. The Hall–Kier alpha value is -2.56. The SMILES string of the molecule is CCc1ccc(C(F)(Cc2c[nH]nn2)c2ccc(F)cc2)cc1. The van der Waals surface area contributed by atoms with Crippen LogP contribution in [0.2, 0.25) is 0 Å². The molecular weight excluding hydrogens is 296 g/mol. The van der Waals surface area contributed by atoms with E-state index in [0.717, 1.165) is 12.0 Å². The standard InChI is InChI=1S/C18H17F2N3/c1-2-13-3-5-14(6-4-13)18(20,11-17-12-21-23-22-17)15-7-9-16(19)10-8-15/h3-10,12H,2,11H2,1H3,(H,21,22,23). The molecule has 0 radical (unpaired) electrons. The minimum atomic E-state index is -1.79. The van der Waals surface area contributed by atoms with E-state index < -0.39 is 5.67 Å². The molecule has 0 aliphatic heterocycles. The topological polar surface area (TPSA) is 41.6 Å². The summed E-state index contributed by atoms with van der Waals surface area (Å²) in [6.07, 6.45) is 2.48. The summed E-state index contributed by atoms with van der Waals surface area (Å²) in [6.45, 7) is 2.05. The molecule has 2 aromatic carbocycles. The van der Waals surface area contributed by atoms with E-state index in [1.165, 1.54) is 24.3 Å². The third-order valence-corrected chi connectivity index (χ3v) is 4.01. The van der Waals surface area contributed by atoms with E-state index in [1.807, 2.05) is 19.1 Å². The molecule has 118 valence electrons. The summed E-state index contributed by atoms with van der Waals surface area (Å²) in [5.74, 6) is -0.390. The van der Waals surface area contributed by atoms with E-state index in [-0.39, 0.29) is 12.2 Å². The van der Waals surface area contributed by atoms with Crippen molar-refractivity contribution in [1.82, 2.24) is 15.4 Å². The zero-order chi connectivity index (χ0) is 16.3. The number of H-pyrrole nitrogens is 1. The molecule has 3 aromatic rings. The Kier molecular flexibility index (Phi) is 4.19. The van der Waals surface area contributed by atoms with Gasteiger partial charge in [0.2, 0.25) is 0 Å². The van der Waals surface area contributed by atoms with Crippen molar-refractivity contribution in [1.29, 1.82) is 0 Å². The van der Waals surface area contributed by atoms with Gasteiger partial charge in [-0.1, -0.05) is 48.5 Å². The maximum absolute atomic E-state index is 16.0. The molecule has 3 rings (SSSR count). The molecule has 0 spiro atoms. The largest absolute Gasteiger partial charge is 0.265 e. The average molecular weight is 313 g/mol. The number of aromatic amines is 1. The van der Waals surface area contributed by atoms with E-state index in [4.69, 9.17) is 0 Å². The van der Waals surface area contributed by atoms with Crippen LogP contribution in [-0.4, -0.2) is 15.4 Å². The Bertz CT molecular complexity index is 752.